The van der Waals surface area contributed by atoms with Crippen molar-refractivity contribution in [3.8, 4) is 17.2 Å². The third kappa shape index (κ3) is 5.41. The number of carbonyl (C=O) groups is 1. The standard InChI is InChI=1S/C20H25NO4/c1-14(2)10-11-25-17-7-5-6-15(12-17)20(22)21-18-13-16(23-3)8-9-19(18)24-4/h5-9,12-14H,10-11H2,1-4H3,(H,21,22). The molecule has 25 heavy (non-hydrogen) atoms. The van der Waals surface area contributed by atoms with Crippen molar-refractivity contribution >= 4 is 11.6 Å². The summed E-state index contributed by atoms with van der Waals surface area (Å²) in [5.41, 5.74) is 1.07. The summed E-state index contributed by atoms with van der Waals surface area (Å²) in [5.74, 6) is 2.24. The van der Waals surface area contributed by atoms with Gasteiger partial charge < -0.3 is 19.5 Å². The summed E-state index contributed by atoms with van der Waals surface area (Å²) < 4.78 is 16.2. The first-order valence-electron chi connectivity index (χ1n) is 8.29. The van der Waals surface area contributed by atoms with Gasteiger partial charge in [0.15, 0.2) is 0 Å². The molecule has 0 aromatic heterocycles. The summed E-state index contributed by atoms with van der Waals surface area (Å²) in [4.78, 5) is 12.6. The summed E-state index contributed by atoms with van der Waals surface area (Å²) >= 11 is 0. The number of rotatable bonds is 8. The average molecular weight is 343 g/mol. The molecule has 5 heteroatoms. The molecule has 0 atom stereocenters. The molecule has 0 spiro atoms. The molecule has 2 aromatic carbocycles. The third-order valence-electron chi connectivity index (χ3n) is 3.71. The van der Waals surface area contributed by atoms with Crippen LogP contribution in [0.25, 0.3) is 0 Å². The number of methoxy groups -OCH3 is 2. The van der Waals surface area contributed by atoms with Gasteiger partial charge in [0.05, 0.1) is 26.5 Å². The molecule has 0 fully saturated rings. The predicted octanol–water partition coefficient (Wildman–Crippen LogP) is 4.38. The van der Waals surface area contributed by atoms with Crippen LogP contribution in [0.4, 0.5) is 5.69 Å². The average Bonchev–Trinajstić information content (AvgIpc) is 2.61. The van der Waals surface area contributed by atoms with Crippen LogP contribution in [0.5, 0.6) is 17.2 Å². The van der Waals surface area contributed by atoms with Crippen LogP contribution in [0.1, 0.15) is 30.6 Å². The molecular weight excluding hydrogens is 318 g/mol. The maximum atomic E-state index is 12.6. The van der Waals surface area contributed by atoms with Crippen molar-refractivity contribution in [3.05, 3.63) is 48.0 Å². The topological polar surface area (TPSA) is 56.8 Å². The van der Waals surface area contributed by atoms with E-state index in [0.29, 0.717) is 41.0 Å². The number of amides is 1. The lowest BCUT2D eigenvalue weighted by atomic mass is 10.1. The van der Waals surface area contributed by atoms with Gasteiger partial charge in [-0.2, -0.15) is 0 Å². The Kier molecular flexibility index (Phi) is 6.69. The molecule has 0 saturated heterocycles. The fourth-order valence-electron chi connectivity index (χ4n) is 2.25. The second-order valence-electron chi connectivity index (χ2n) is 6.08. The first-order valence-corrected chi connectivity index (χ1v) is 8.29. The smallest absolute Gasteiger partial charge is 0.255 e. The largest absolute Gasteiger partial charge is 0.497 e. The minimum Gasteiger partial charge on any atom is -0.497 e. The lowest BCUT2D eigenvalue weighted by Gasteiger charge is -2.13. The fourth-order valence-corrected chi connectivity index (χ4v) is 2.25. The highest BCUT2D eigenvalue weighted by atomic mass is 16.5. The molecule has 0 bridgehead atoms. The van der Waals surface area contributed by atoms with Crippen LogP contribution in [-0.2, 0) is 0 Å². The summed E-state index contributed by atoms with van der Waals surface area (Å²) in [6.07, 6.45) is 0.970. The molecule has 0 aliphatic heterocycles. The van der Waals surface area contributed by atoms with Gasteiger partial charge in [-0.05, 0) is 42.7 Å². The molecule has 0 aliphatic carbocycles. The van der Waals surface area contributed by atoms with E-state index in [1.807, 2.05) is 12.1 Å². The highest BCUT2D eigenvalue weighted by Crippen LogP contribution is 2.29. The SMILES string of the molecule is COc1ccc(OC)c(NC(=O)c2cccc(OCCC(C)C)c2)c1. The Morgan fingerprint density at radius 2 is 1.84 bits per heavy atom. The highest BCUT2D eigenvalue weighted by Gasteiger charge is 2.12. The van der Waals surface area contributed by atoms with Crippen molar-refractivity contribution in [2.24, 2.45) is 5.92 Å². The van der Waals surface area contributed by atoms with Crippen molar-refractivity contribution < 1.29 is 19.0 Å². The lowest BCUT2D eigenvalue weighted by molar-refractivity contribution is 0.102. The summed E-state index contributed by atoms with van der Waals surface area (Å²) in [5, 5.41) is 2.85. The van der Waals surface area contributed by atoms with Gasteiger partial charge in [-0.3, -0.25) is 4.79 Å². The molecule has 0 aliphatic rings. The van der Waals surface area contributed by atoms with Crippen LogP contribution >= 0.6 is 0 Å². The van der Waals surface area contributed by atoms with Crippen molar-refractivity contribution in [1.29, 1.82) is 0 Å². The zero-order valence-corrected chi connectivity index (χ0v) is 15.2. The number of anilines is 1. The number of nitrogens with one attached hydrogen (secondary N) is 1. The quantitative estimate of drug-likeness (QED) is 0.773. The first-order chi connectivity index (χ1) is 12.0. The Morgan fingerprint density at radius 3 is 2.52 bits per heavy atom. The summed E-state index contributed by atoms with van der Waals surface area (Å²) in [6.45, 7) is 4.93. The van der Waals surface area contributed by atoms with E-state index in [0.717, 1.165) is 6.42 Å². The van der Waals surface area contributed by atoms with Gasteiger partial charge in [-0.1, -0.05) is 19.9 Å². The molecule has 0 unspecified atom stereocenters. The van der Waals surface area contributed by atoms with Crippen LogP contribution in [-0.4, -0.2) is 26.7 Å². The highest BCUT2D eigenvalue weighted by molar-refractivity contribution is 6.05. The zero-order chi connectivity index (χ0) is 18.2. The van der Waals surface area contributed by atoms with E-state index < -0.39 is 0 Å². The van der Waals surface area contributed by atoms with E-state index in [1.54, 1.807) is 44.6 Å². The van der Waals surface area contributed by atoms with Gasteiger partial charge in [0.1, 0.15) is 17.2 Å². The van der Waals surface area contributed by atoms with Crippen LogP contribution < -0.4 is 19.5 Å². The minimum atomic E-state index is -0.235. The molecule has 0 saturated carbocycles. The van der Waals surface area contributed by atoms with Crippen LogP contribution in [0.2, 0.25) is 0 Å². The zero-order valence-electron chi connectivity index (χ0n) is 15.2. The molecule has 0 radical (unpaired) electrons. The molecule has 2 rings (SSSR count). The van der Waals surface area contributed by atoms with Crippen LogP contribution in [0.15, 0.2) is 42.5 Å². The molecule has 0 heterocycles. The third-order valence-corrected chi connectivity index (χ3v) is 3.71. The van der Waals surface area contributed by atoms with E-state index >= 15 is 0 Å². The Bertz CT molecular complexity index is 713. The number of carbonyl (C=O) groups excluding carboxylic acids is 1. The van der Waals surface area contributed by atoms with Gasteiger partial charge in [-0.25, -0.2) is 0 Å². The predicted molar refractivity (Wildman–Crippen MR) is 98.9 cm³/mol. The maximum Gasteiger partial charge on any atom is 0.255 e. The number of hydrogen-bond acceptors (Lipinski definition) is 4. The Morgan fingerprint density at radius 1 is 1.04 bits per heavy atom. The molecule has 134 valence electrons. The van der Waals surface area contributed by atoms with Crippen molar-refractivity contribution in [2.75, 3.05) is 26.1 Å². The number of hydrogen-bond donors (Lipinski definition) is 1. The Balaban J connectivity index is 2.10. The van der Waals surface area contributed by atoms with Crippen LogP contribution in [0.3, 0.4) is 0 Å². The lowest BCUT2D eigenvalue weighted by Crippen LogP contribution is -2.13. The van der Waals surface area contributed by atoms with E-state index in [9.17, 15) is 4.79 Å². The molecular formula is C20H25NO4. The van der Waals surface area contributed by atoms with E-state index in [1.165, 1.54) is 0 Å². The molecule has 1 N–H and O–H groups in total. The second-order valence-corrected chi connectivity index (χ2v) is 6.08. The van der Waals surface area contributed by atoms with Crippen molar-refractivity contribution in [1.82, 2.24) is 0 Å². The molecule has 1 amide bonds. The van der Waals surface area contributed by atoms with Gasteiger partial charge >= 0.3 is 0 Å². The maximum absolute atomic E-state index is 12.6. The van der Waals surface area contributed by atoms with Gasteiger partial charge in [0, 0.05) is 11.6 Å². The summed E-state index contributed by atoms with van der Waals surface area (Å²) in [7, 11) is 3.13. The molecule has 5 nitrogen and oxygen atoms in total. The first kappa shape index (κ1) is 18.6. The Labute approximate surface area is 148 Å². The van der Waals surface area contributed by atoms with E-state index in [-0.39, 0.29) is 5.91 Å². The van der Waals surface area contributed by atoms with E-state index in [4.69, 9.17) is 14.2 Å². The fraction of sp³-hybridized carbons (Fsp3) is 0.350. The monoisotopic (exact) mass is 343 g/mol. The normalized spacial score (nSPS) is 10.4. The summed E-state index contributed by atoms with van der Waals surface area (Å²) in [6, 6.07) is 12.4. The van der Waals surface area contributed by atoms with Crippen molar-refractivity contribution in [2.45, 2.75) is 20.3 Å². The minimum absolute atomic E-state index is 0.235. The van der Waals surface area contributed by atoms with Crippen molar-refractivity contribution in [3.63, 3.8) is 0 Å². The van der Waals surface area contributed by atoms with Gasteiger partial charge in [-0.15, -0.1) is 0 Å². The number of ether oxygens (including phenoxy) is 3. The van der Waals surface area contributed by atoms with E-state index in [2.05, 4.69) is 19.2 Å². The molecule has 2 aromatic rings. The second kappa shape index (κ2) is 8.97. The number of benzene rings is 2. The van der Waals surface area contributed by atoms with Gasteiger partial charge in [0.2, 0.25) is 0 Å². The van der Waals surface area contributed by atoms with Crippen LogP contribution in [0, 0.1) is 5.92 Å². The Hall–Kier alpha value is -2.69. The van der Waals surface area contributed by atoms with Gasteiger partial charge in [0.25, 0.3) is 5.91 Å².